The standard InChI is InChI=1S/C15H22FN3O3S.ClH/c16-12-4-6-14(7-5-12)23(21,22)18-9-8-15(20)19-10-2-1-3-13(19)11-17;/h4-7,13,18H,1-3,8-11,17H2;1H. The first-order chi connectivity index (χ1) is 10.9. The summed E-state index contributed by atoms with van der Waals surface area (Å²) in [6.45, 7) is 1.10. The molecule has 1 aliphatic heterocycles. The molecular formula is C15H23ClFN3O3S. The maximum atomic E-state index is 12.8. The van der Waals surface area contributed by atoms with Gasteiger partial charge in [-0.25, -0.2) is 17.5 Å². The van der Waals surface area contributed by atoms with Crippen molar-refractivity contribution in [1.29, 1.82) is 0 Å². The summed E-state index contributed by atoms with van der Waals surface area (Å²) in [5, 5.41) is 0. The minimum Gasteiger partial charge on any atom is -0.338 e. The maximum Gasteiger partial charge on any atom is 0.240 e. The Balaban J connectivity index is 0.00000288. The van der Waals surface area contributed by atoms with Crippen LogP contribution >= 0.6 is 12.4 Å². The molecule has 1 aromatic rings. The number of nitrogens with two attached hydrogens (primary N) is 1. The van der Waals surface area contributed by atoms with Crippen LogP contribution in [0.4, 0.5) is 4.39 Å². The summed E-state index contributed by atoms with van der Waals surface area (Å²) in [6, 6.07) is 4.59. The normalized spacial score (nSPS) is 18.1. The van der Waals surface area contributed by atoms with Crippen molar-refractivity contribution in [1.82, 2.24) is 9.62 Å². The number of benzene rings is 1. The molecule has 2 rings (SSSR count). The summed E-state index contributed by atoms with van der Waals surface area (Å²) in [5.41, 5.74) is 5.68. The number of sulfonamides is 1. The van der Waals surface area contributed by atoms with Gasteiger partial charge in [0.2, 0.25) is 15.9 Å². The molecule has 1 amide bonds. The van der Waals surface area contributed by atoms with Gasteiger partial charge in [-0.15, -0.1) is 12.4 Å². The summed E-state index contributed by atoms with van der Waals surface area (Å²) in [6.07, 6.45) is 2.98. The van der Waals surface area contributed by atoms with Gasteiger partial charge in [-0.2, -0.15) is 0 Å². The molecule has 3 N–H and O–H groups in total. The summed E-state index contributed by atoms with van der Waals surface area (Å²) in [4.78, 5) is 13.9. The summed E-state index contributed by atoms with van der Waals surface area (Å²) in [5.74, 6) is -0.598. The average molecular weight is 380 g/mol. The molecule has 24 heavy (non-hydrogen) atoms. The van der Waals surface area contributed by atoms with Gasteiger partial charge in [-0.1, -0.05) is 0 Å². The van der Waals surface area contributed by atoms with Gasteiger partial charge in [0.1, 0.15) is 5.82 Å². The molecule has 1 fully saturated rings. The van der Waals surface area contributed by atoms with Crippen LogP contribution in [0.25, 0.3) is 0 Å². The number of likely N-dealkylation sites (tertiary alicyclic amines) is 1. The first-order valence-corrected chi connectivity index (χ1v) is 9.17. The third kappa shape index (κ3) is 5.41. The lowest BCUT2D eigenvalue weighted by Crippen LogP contribution is -2.48. The molecule has 1 atom stereocenters. The van der Waals surface area contributed by atoms with E-state index in [1.165, 1.54) is 12.1 Å². The Labute approximate surface area is 148 Å². The molecule has 1 aromatic carbocycles. The molecule has 0 spiro atoms. The molecule has 0 radical (unpaired) electrons. The van der Waals surface area contributed by atoms with E-state index in [1.54, 1.807) is 4.90 Å². The lowest BCUT2D eigenvalue weighted by molar-refractivity contribution is -0.134. The van der Waals surface area contributed by atoms with Gasteiger partial charge in [0, 0.05) is 32.1 Å². The average Bonchev–Trinajstić information content (AvgIpc) is 2.55. The molecular weight excluding hydrogens is 357 g/mol. The van der Waals surface area contributed by atoms with Gasteiger partial charge in [0.15, 0.2) is 0 Å². The van der Waals surface area contributed by atoms with Crippen molar-refractivity contribution in [2.45, 2.75) is 36.6 Å². The second kappa shape index (κ2) is 9.31. The minimum absolute atomic E-state index is 0. The van der Waals surface area contributed by atoms with Crippen LogP contribution in [-0.2, 0) is 14.8 Å². The fourth-order valence-corrected chi connectivity index (χ4v) is 3.74. The molecule has 1 aliphatic rings. The molecule has 9 heteroatoms. The van der Waals surface area contributed by atoms with Crippen LogP contribution in [0, 0.1) is 5.82 Å². The second-order valence-electron chi connectivity index (χ2n) is 5.57. The van der Waals surface area contributed by atoms with Crippen molar-refractivity contribution in [3.63, 3.8) is 0 Å². The maximum absolute atomic E-state index is 12.8. The topological polar surface area (TPSA) is 92.5 Å². The molecule has 1 saturated heterocycles. The van der Waals surface area contributed by atoms with Crippen molar-refractivity contribution >= 4 is 28.3 Å². The number of piperidine rings is 1. The Kier molecular flexibility index (Phi) is 8.08. The fourth-order valence-electron chi connectivity index (χ4n) is 2.71. The number of hydrogen-bond acceptors (Lipinski definition) is 4. The minimum atomic E-state index is -3.73. The largest absolute Gasteiger partial charge is 0.338 e. The number of nitrogens with one attached hydrogen (secondary N) is 1. The Morgan fingerprint density at radius 3 is 2.58 bits per heavy atom. The summed E-state index contributed by atoms with van der Waals surface area (Å²) < 4.78 is 39.3. The van der Waals surface area contributed by atoms with E-state index in [2.05, 4.69) is 4.72 Å². The molecule has 1 heterocycles. The van der Waals surface area contributed by atoms with E-state index in [9.17, 15) is 17.6 Å². The summed E-state index contributed by atoms with van der Waals surface area (Å²) in [7, 11) is -3.73. The summed E-state index contributed by atoms with van der Waals surface area (Å²) >= 11 is 0. The molecule has 0 aromatic heterocycles. The number of carbonyl (C=O) groups excluding carboxylic acids is 1. The van der Waals surface area contributed by atoms with Crippen molar-refractivity contribution in [2.75, 3.05) is 19.6 Å². The fraction of sp³-hybridized carbons (Fsp3) is 0.533. The number of amides is 1. The van der Waals surface area contributed by atoms with Crippen LogP contribution < -0.4 is 10.5 Å². The van der Waals surface area contributed by atoms with E-state index in [4.69, 9.17) is 5.73 Å². The Morgan fingerprint density at radius 2 is 1.96 bits per heavy atom. The zero-order valence-electron chi connectivity index (χ0n) is 13.3. The second-order valence-corrected chi connectivity index (χ2v) is 7.34. The molecule has 0 aliphatic carbocycles. The van der Waals surface area contributed by atoms with Crippen molar-refractivity contribution < 1.29 is 17.6 Å². The van der Waals surface area contributed by atoms with Crippen LogP contribution in [0.5, 0.6) is 0 Å². The molecule has 1 unspecified atom stereocenters. The van der Waals surface area contributed by atoms with Gasteiger partial charge in [0.05, 0.1) is 4.90 Å². The van der Waals surface area contributed by atoms with E-state index in [0.717, 1.165) is 31.4 Å². The molecule has 0 saturated carbocycles. The van der Waals surface area contributed by atoms with E-state index < -0.39 is 15.8 Å². The zero-order valence-corrected chi connectivity index (χ0v) is 14.9. The SMILES string of the molecule is Cl.NCC1CCCCN1C(=O)CCNS(=O)(=O)c1ccc(F)cc1. The predicted molar refractivity (Wildman–Crippen MR) is 91.9 cm³/mol. The van der Waals surface area contributed by atoms with Gasteiger partial charge in [0.25, 0.3) is 0 Å². The smallest absolute Gasteiger partial charge is 0.240 e. The monoisotopic (exact) mass is 379 g/mol. The van der Waals surface area contributed by atoms with Crippen LogP contribution in [-0.4, -0.2) is 44.9 Å². The Morgan fingerprint density at radius 1 is 1.29 bits per heavy atom. The first kappa shape index (κ1) is 20.8. The lowest BCUT2D eigenvalue weighted by Gasteiger charge is -2.35. The quantitative estimate of drug-likeness (QED) is 0.778. The van der Waals surface area contributed by atoms with Crippen molar-refractivity contribution in [3.8, 4) is 0 Å². The van der Waals surface area contributed by atoms with Crippen LogP contribution in [0.1, 0.15) is 25.7 Å². The molecule has 6 nitrogen and oxygen atoms in total. The highest BCUT2D eigenvalue weighted by Crippen LogP contribution is 2.17. The number of halogens is 2. The number of carbonyl (C=O) groups is 1. The molecule has 136 valence electrons. The third-order valence-corrected chi connectivity index (χ3v) is 5.45. The van der Waals surface area contributed by atoms with Crippen molar-refractivity contribution in [2.24, 2.45) is 5.73 Å². The van der Waals surface area contributed by atoms with Gasteiger partial charge in [-0.05, 0) is 43.5 Å². The Hall–Kier alpha value is -1.22. The van der Waals surface area contributed by atoms with Crippen LogP contribution in [0.3, 0.4) is 0 Å². The first-order valence-electron chi connectivity index (χ1n) is 7.69. The van der Waals surface area contributed by atoms with Gasteiger partial charge >= 0.3 is 0 Å². The van der Waals surface area contributed by atoms with E-state index in [0.29, 0.717) is 13.1 Å². The zero-order chi connectivity index (χ0) is 16.9. The van der Waals surface area contributed by atoms with Crippen LogP contribution in [0.2, 0.25) is 0 Å². The predicted octanol–water partition coefficient (Wildman–Crippen LogP) is 1.26. The van der Waals surface area contributed by atoms with E-state index in [1.807, 2.05) is 0 Å². The highest BCUT2D eigenvalue weighted by Gasteiger charge is 2.25. The number of nitrogens with zero attached hydrogens (tertiary/aromatic N) is 1. The highest BCUT2D eigenvalue weighted by atomic mass is 35.5. The van der Waals surface area contributed by atoms with Crippen LogP contribution in [0.15, 0.2) is 29.2 Å². The number of rotatable bonds is 6. The van der Waals surface area contributed by atoms with Crippen molar-refractivity contribution in [3.05, 3.63) is 30.1 Å². The highest BCUT2D eigenvalue weighted by molar-refractivity contribution is 7.89. The third-order valence-electron chi connectivity index (χ3n) is 3.97. The lowest BCUT2D eigenvalue weighted by atomic mass is 10.0. The van der Waals surface area contributed by atoms with Gasteiger partial charge in [-0.3, -0.25) is 4.79 Å². The Bertz CT molecular complexity index is 640. The van der Waals surface area contributed by atoms with E-state index >= 15 is 0 Å². The van der Waals surface area contributed by atoms with Gasteiger partial charge < -0.3 is 10.6 Å². The van der Waals surface area contributed by atoms with E-state index in [-0.39, 0.29) is 42.2 Å². The number of hydrogen-bond donors (Lipinski definition) is 2. The molecule has 0 bridgehead atoms.